The molecule has 0 aliphatic carbocycles. The molecule has 14 rings (SSSR count). The van der Waals surface area contributed by atoms with Crippen LogP contribution in [0.25, 0.3) is 75.6 Å². The van der Waals surface area contributed by atoms with Crippen molar-refractivity contribution < 1.29 is 12.6 Å². The summed E-state index contributed by atoms with van der Waals surface area (Å²) in [6.45, 7) is 4.93. The number of fused-ring (bicyclic) bond motifs is 9. The number of rotatable bonds is 6. The summed E-state index contributed by atoms with van der Waals surface area (Å²) in [4.78, 5) is 4.48. The molecule has 0 unspecified atom stereocenters. The van der Waals surface area contributed by atoms with Gasteiger partial charge < -0.3 is 9.32 Å². The fraction of sp³-hybridized carbons (Fsp3) is 0.127. The van der Waals surface area contributed by atoms with E-state index in [2.05, 4.69) is 170 Å². The molecule has 3 nitrogen and oxygen atoms in total. The summed E-state index contributed by atoms with van der Waals surface area (Å²) in [6.07, 6.45) is 0. The predicted octanol–water partition coefficient (Wildman–Crippen LogP) is 18.5. The Bertz CT molecular complexity index is 4510. The zero-order valence-corrected chi connectivity index (χ0v) is 43.9. The predicted molar refractivity (Wildman–Crippen MR) is 327 cm³/mol. The van der Waals surface area contributed by atoms with Gasteiger partial charge in [0.15, 0.2) is 0 Å². The second-order valence-electron chi connectivity index (χ2n) is 22.1. The first-order valence-corrected chi connectivity index (χ1v) is 27.0. The summed E-state index contributed by atoms with van der Waals surface area (Å²) >= 11 is 1.78. The third kappa shape index (κ3) is 7.46. The summed E-state index contributed by atoms with van der Waals surface area (Å²) in [5.41, 5.74) is 16.2. The lowest BCUT2D eigenvalue weighted by molar-refractivity contribution is 0.589. The average Bonchev–Trinajstić information content (AvgIpc) is 1.48. The van der Waals surface area contributed by atoms with Crippen molar-refractivity contribution in [3.8, 4) is 44.5 Å². The lowest BCUT2D eigenvalue weighted by Crippen LogP contribution is -2.61. The third-order valence-electron chi connectivity index (χ3n) is 15.7. The van der Waals surface area contributed by atoms with E-state index in [1.54, 1.807) is 25.2 Å². The highest BCUT2D eigenvalue weighted by Crippen LogP contribution is 2.52. The lowest BCUT2D eigenvalue weighted by Gasteiger charge is -2.43. The number of anilines is 6. The second kappa shape index (κ2) is 17.3. The second-order valence-corrected chi connectivity index (χ2v) is 23.2. The van der Waals surface area contributed by atoms with Crippen LogP contribution in [0, 0.1) is 6.85 Å². The van der Waals surface area contributed by atoms with Gasteiger partial charge in [-0.3, -0.25) is 4.90 Å². The summed E-state index contributed by atoms with van der Waals surface area (Å²) in [6, 6.07) is 75.8. The summed E-state index contributed by atoms with van der Waals surface area (Å²) in [5, 5.41) is 3.06. The SMILES string of the molecule is [2H]C([2H])([2H])c1cc2c3c(c1)N(c1ccc(-c4ccccc4)cc1-c1ccccc1)c1oc4ccc(C(C)(C)C([2H])([2H])[2H])cc4c1B3c1cc3sc4ccc(C(C)(C)C)cc4c3cc1N2c1ccc(-c2ccccc2)cc1-c1ccccc1. The van der Waals surface area contributed by atoms with E-state index in [4.69, 9.17) is 8.53 Å². The molecule has 0 bridgehead atoms. The monoisotopic (exact) mass is 1000 g/mol. The Kier molecular flexibility index (Phi) is 9.13. The number of nitrogens with zero attached hydrogens (tertiary/aromatic N) is 2. The van der Waals surface area contributed by atoms with Crippen LogP contribution in [0.5, 0.6) is 0 Å². The van der Waals surface area contributed by atoms with Gasteiger partial charge in [-0.15, -0.1) is 11.3 Å². The van der Waals surface area contributed by atoms with Crippen molar-refractivity contribution in [2.75, 3.05) is 9.80 Å². The molecule has 0 radical (unpaired) electrons. The van der Waals surface area contributed by atoms with Gasteiger partial charge in [0.25, 0.3) is 6.71 Å². The smallest absolute Gasteiger partial charge is 0.257 e. The molecule has 76 heavy (non-hydrogen) atoms. The van der Waals surface area contributed by atoms with E-state index in [0.717, 1.165) is 105 Å². The molecular formula is C71H57BN2OS. The van der Waals surface area contributed by atoms with Crippen LogP contribution in [0.4, 0.5) is 34.3 Å². The Balaban J connectivity index is 1.15. The Labute approximate surface area is 458 Å². The summed E-state index contributed by atoms with van der Waals surface area (Å²) in [5.74, 6) is 0.539. The van der Waals surface area contributed by atoms with E-state index in [0.29, 0.717) is 22.7 Å². The van der Waals surface area contributed by atoms with Gasteiger partial charge in [0.2, 0.25) is 5.88 Å². The summed E-state index contributed by atoms with van der Waals surface area (Å²) in [7, 11) is 0. The van der Waals surface area contributed by atoms with Crippen LogP contribution in [0.3, 0.4) is 0 Å². The van der Waals surface area contributed by atoms with Crippen LogP contribution in [-0.2, 0) is 10.8 Å². The topological polar surface area (TPSA) is 19.6 Å². The highest BCUT2D eigenvalue weighted by atomic mass is 32.1. The van der Waals surface area contributed by atoms with E-state index in [1.165, 1.54) is 10.3 Å². The van der Waals surface area contributed by atoms with Gasteiger partial charge in [0.05, 0.1) is 11.4 Å². The van der Waals surface area contributed by atoms with Crippen molar-refractivity contribution in [2.24, 2.45) is 0 Å². The molecule has 0 saturated heterocycles. The average molecular weight is 1000 g/mol. The number of aryl methyl sites for hydroxylation is 1. The Morgan fingerprint density at radius 2 is 0.947 bits per heavy atom. The van der Waals surface area contributed by atoms with Crippen LogP contribution in [0.1, 0.15) is 66.4 Å². The molecule has 0 atom stereocenters. The van der Waals surface area contributed by atoms with E-state index < -0.39 is 25.8 Å². The van der Waals surface area contributed by atoms with Crippen molar-refractivity contribution in [3.05, 3.63) is 235 Å². The van der Waals surface area contributed by atoms with Gasteiger partial charge in [-0.05, 0) is 151 Å². The molecule has 2 aliphatic rings. The maximum Gasteiger partial charge on any atom is 0.257 e. The molecule has 12 aromatic rings. The van der Waals surface area contributed by atoms with E-state index >= 15 is 0 Å². The largest absolute Gasteiger partial charge is 0.440 e. The summed E-state index contributed by atoms with van der Waals surface area (Å²) < 4.78 is 64.1. The standard InChI is InChI=1S/C71H57BN2OS/c1-44-36-62-68-63(37-44)74(60-33-29-50(46-22-14-9-15-23-46)39-54(60)48-26-18-11-19-27-48)69-67(57-41-51(70(2,3)4)30-34-64(57)75-69)72(68)58-43-66-56(55-40-52(71(5,6)7)31-35-65(55)76-66)42-61(58)73(62)59-32-28-49(45-20-12-8-13-21-45)38-53(59)47-24-16-10-17-25-47/h8-43H,1-7H3/i1D3,2D3. The Morgan fingerprint density at radius 1 is 0.421 bits per heavy atom. The van der Waals surface area contributed by atoms with Crippen LogP contribution in [0.15, 0.2) is 223 Å². The van der Waals surface area contributed by atoms with E-state index in [-0.39, 0.29) is 11.0 Å². The molecule has 4 heterocycles. The van der Waals surface area contributed by atoms with Gasteiger partial charge in [-0.2, -0.15) is 0 Å². The fourth-order valence-corrected chi connectivity index (χ4v) is 13.0. The van der Waals surface area contributed by atoms with Crippen LogP contribution < -0.4 is 26.2 Å². The normalized spacial score (nSPS) is 14.6. The van der Waals surface area contributed by atoms with Gasteiger partial charge >= 0.3 is 0 Å². The minimum Gasteiger partial charge on any atom is -0.440 e. The van der Waals surface area contributed by atoms with E-state index in [1.807, 2.05) is 78.9 Å². The maximum atomic E-state index is 9.36. The molecular weight excluding hydrogens is 940 g/mol. The van der Waals surface area contributed by atoms with Crippen molar-refractivity contribution in [3.63, 3.8) is 0 Å². The first-order chi connectivity index (χ1) is 39.3. The fourth-order valence-electron chi connectivity index (χ4n) is 11.9. The van der Waals surface area contributed by atoms with E-state index in [9.17, 15) is 4.11 Å². The van der Waals surface area contributed by atoms with Crippen molar-refractivity contribution >= 4 is 99.9 Å². The number of benzene rings is 10. The van der Waals surface area contributed by atoms with Crippen molar-refractivity contribution in [1.29, 1.82) is 0 Å². The molecule has 0 spiro atoms. The lowest BCUT2D eigenvalue weighted by atomic mass is 9.33. The van der Waals surface area contributed by atoms with Crippen molar-refractivity contribution in [2.45, 2.75) is 59.2 Å². The molecule has 5 heteroatoms. The first-order valence-electron chi connectivity index (χ1n) is 29.2. The number of furan rings is 1. The molecule has 0 N–H and O–H groups in total. The molecule has 2 aliphatic heterocycles. The van der Waals surface area contributed by atoms with Gasteiger partial charge in [-0.1, -0.05) is 187 Å². The molecule has 2 aromatic heterocycles. The van der Waals surface area contributed by atoms with Gasteiger partial charge in [-0.25, -0.2) is 0 Å². The van der Waals surface area contributed by atoms with Crippen LogP contribution >= 0.6 is 11.3 Å². The highest BCUT2D eigenvalue weighted by molar-refractivity contribution is 7.26. The Hall–Kier alpha value is -8.38. The zero-order valence-electron chi connectivity index (χ0n) is 49.1. The third-order valence-corrected chi connectivity index (χ3v) is 16.9. The highest BCUT2D eigenvalue weighted by Gasteiger charge is 2.47. The van der Waals surface area contributed by atoms with Crippen LogP contribution in [-0.4, -0.2) is 6.71 Å². The van der Waals surface area contributed by atoms with Gasteiger partial charge in [0, 0.05) is 67.4 Å². The number of thiophene rings is 1. The number of hydrogen-bond donors (Lipinski definition) is 0. The minimum atomic E-state index is -2.54. The maximum absolute atomic E-state index is 9.36. The molecule has 0 saturated carbocycles. The minimum absolute atomic E-state index is 0.100. The quantitative estimate of drug-likeness (QED) is 0.155. The molecule has 0 amide bonds. The van der Waals surface area contributed by atoms with Crippen molar-refractivity contribution in [1.82, 2.24) is 0 Å². The zero-order chi connectivity index (χ0) is 56.6. The van der Waals surface area contributed by atoms with Gasteiger partial charge in [0.1, 0.15) is 5.58 Å². The molecule has 10 aromatic carbocycles. The molecule has 0 fully saturated rings. The Morgan fingerprint density at radius 3 is 1.53 bits per heavy atom. The number of hydrogen-bond acceptors (Lipinski definition) is 4. The first kappa shape index (κ1) is 40.0. The van der Waals surface area contributed by atoms with Crippen LogP contribution in [0.2, 0.25) is 0 Å². The molecule has 366 valence electrons.